The summed E-state index contributed by atoms with van der Waals surface area (Å²) >= 11 is 0. The number of carbonyl (C=O) groups is 1. The number of ether oxygens (including phenoxy) is 1. The van der Waals surface area contributed by atoms with Crippen LogP contribution < -0.4 is 14.7 Å². The molecule has 2 aliphatic rings. The lowest BCUT2D eigenvalue weighted by molar-refractivity contribution is 0.107. The Bertz CT molecular complexity index is 1040. The van der Waals surface area contributed by atoms with Gasteiger partial charge in [-0.15, -0.1) is 0 Å². The average molecular weight is 450 g/mol. The number of amides is 1. The van der Waals surface area contributed by atoms with E-state index in [9.17, 15) is 17.6 Å². The minimum Gasteiger partial charge on any atom is -0.441 e. The number of benzene rings is 1. The van der Waals surface area contributed by atoms with Gasteiger partial charge in [-0.05, 0) is 30.3 Å². The number of hydrogen-bond acceptors (Lipinski definition) is 8. The maximum absolute atomic E-state index is 14.9. The van der Waals surface area contributed by atoms with E-state index in [1.54, 1.807) is 18.3 Å². The average Bonchev–Trinajstić information content (AvgIpc) is 3.13. The zero-order valence-corrected chi connectivity index (χ0v) is 17.8. The second-order valence-corrected chi connectivity index (χ2v) is 9.05. The molecular weight excluding hydrogens is 427 g/mol. The van der Waals surface area contributed by atoms with Gasteiger partial charge in [-0.25, -0.2) is 14.2 Å². The molecule has 2 aromatic rings. The fourth-order valence-corrected chi connectivity index (χ4v) is 4.06. The summed E-state index contributed by atoms with van der Waals surface area (Å²) < 4.78 is 46.9. The van der Waals surface area contributed by atoms with Crippen LogP contribution >= 0.6 is 0 Å². The molecule has 1 amide bonds. The van der Waals surface area contributed by atoms with E-state index >= 15 is 0 Å². The molecule has 0 spiro atoms. The number of nitrogens with zero attached hydrogens (tertiary/aromatic N) is 4. The van der Waals surface area contributed by atoms with Crippen molar-refractivity contribution in [3.8, 4) is 0 Å². The van der Waals surface area contributed by atoms with E-state index in [1.807, 2.05) is 23.1 Å². The molecule has 0 bridgehead atoms. The molecule has 1 aromatic heterocycles. The predicted octanol–water partition coefficient (Wildman–Crippen LogP) is 1.85. The molecule has 1 atom stereocenters. The van der Waals surface area contributed by atoms with Gasteiger partial charge < -0.3 is 14.5 Å². The normalized spacial score (nSPS) is 19.6. The zero-order chi connectivity index (χ0) is 22.0. The lowest BCUT2D eigenvalue weighted by Gasteiger charge is -2.37. The minimum absolute atomic E-state index is 0.0793. The van der Waals surface area contributed by atoms with E-state index < -0.39 is 28.1 Å². The van der Waals surface area contributed by atoms with Crippen LogP contribution in [0.25, 0.3) is 0 Å². The van der Waals surface area contributed by atoms with Crippen molar-refractivity contribution in [2.75, 3.05) is 60.3 Å². The number of anilines is 3. The van der Waals surface area contributed by atoms with E-state index in [-0.39, 0.29) is 13.2 Å². The number of hydrogen-bond donors (Lipinski definition) is 0. The molecule has 0 saturated carbocycles. The molecule has 31 heavy (non-hydrogen) atoms. The Hall–Kier alpha value is -2.92. The highest BCUT2D eigenvalue weighted by Gasteiger charge is 2.34. The first kappa shape index (κ1) is 21.3. The van der Waals surface area contributed by atoms with Gasteiger partial charge in [0, 0.05) is 32.4 Å². The fourth-order valence-electron chi connectivity index (χ4n) is 3.66. The summed E-state index contributed by atoms with van der Waals surface area (Å²) in [4.78, 5) is 21.9. The fraction of sp³-hybridized carbons (Fsp3) is 0.400. The molecule has 4 rings (SSSR count). The van der Waals surface area contributed by atoms with Crippen LogP contribution in [-0.2, 0) is 19.0 Å². The van der Waals surface area contributed by atoms with Gasteiger partial charge >= 0.3 is 6.09 Å². The van der Waals surface area contributed by atoms with Crippen molar-refractivity contribution in [3.05, 3.63) is 48.4 Å². The maximum atomic E-state index is 14.9. The first-order valence-corrected chi connectivity index (χ1v) is 11.6. The Labute approximate surface area is 180 Å². The van der Waals surface area contributed by atoms with Gasteiger partial charge in [0.1, 0.15) is 24.3 Å². The number of aromatic nitrogens is 1. The number of cyclic esters (lactones) is 1. The molecule has 166 valence electrons. The third-order valence-electron chi connectivity index (χ3n) is 5.18. The maximum Gasteiger partial charge on any atom is 0.414 e. The Morgan fingerprint density at radius 3 is 2.55 bits per heavy atom. The van der Waals surface area contributed by atoms with Crippen LogP contribution in [0.15, 0.2) is 42.6 Å². The van der Waals surface area contributed by atoms with Crippen LogP contribution in [0.3, 0.4) is 0 Å². The Morgan fingerprint density at radius 2 is 1.90 bits per heavy atom. The summed E-state index contributed by atoms with van der Waals surface area (Å²) in [7, 11) is -3.64. The highest BCUT2D eigenvalue weighted by atomic mass is 32.2. The van der Waals surface area contributed by atoms with Crippen LogP contribution in [0.2, 0.25) is 0 Å². The number of rotatable bonds is 6. The van der Waals surface area contributed by atoms with Crippen LogP contribution in [0.4, 0.5) is 26.4 Å². The molecule has 0 aliphatic carbocycles. The van der Waals surface area contributed by atoms with Gasteiger partial charge in [0.25, 0.3) is 10.1 Å². The summed E-state index contributed by atoms with van der Waals surface area (Å²) in [6.07, 6.45) is 1.26. The molecule has 1 aromatic carbocycles. The van der Waals surface area contributed by atoms with Gasteiger partial charge in [0.05, 0.1) is 24.2 Å². The summed E-state index contributed by atoms with van der Waals surface area (Å²) in [6, 6.07) is 10.4. The van der Waals surface area contributed by atoms with E-state index in [1.165, 1.54) is 11.0 Å². The van der Waals surface area contributed by atoms with Crippen LogP contribution in [-0.4, -0.2) is 71.2 Å². The highest BCUT2D eigenvalue weighted by molar-refractivity contribution is 7.85. The van der Waals surface area contributed by atoms with Gasteiger partial charge in [0.2, 0.25) is 0 Å². The largest absolute Gasteiger partial charge is 0.441 e. The Morgan fingerprint density at radius 1 is 1.16 bits per heavy atom. The third kappa shape index (κ3) is 5.05. The SMILES string of the molecule is CS(=O)(=O)OC[C@H]1CN(c2ccc(N3CCN(c4ccccn4)CC3)c(F)c2)C(=O)O1. The minimum atomic E-state index is -3.64. The van der Waals surface area contributed by atoms with Crippen molar-refractivity contribution in [1.29, 1.82) is 0 Å². The van der Waals surface area contributed by atoms with Crippen molar-refractivity contribution in [2.24, 2.45) is 0 Å². The summed E-state index contributed by atoms with van der Waals surface area (Å²) in [5, 5.41) is 0. The van der Waals surface area contributed by atoms with Gasteiger partial charge in [-0.3, -0.25) is 9.08 Å². The lowest BCUT2D eigenvalue weighted by Crippen LogP contribution is -2.47. The van der Waals surface area contributed by atoms with E-state index in [4.69, 9.17) is 4.74 Å². The molecular formula is C20H23FN4O5S. The predicted molar refractivity (Wildman–Crippen MR) is 113 cm³/mol. The number of carbonyl (C=O) groups excluding carboxylic acids is 1. The quantitative estimate of drug-likeness (QED) is 0.616. The Balaban J connectivity index is 1.39. The van der Waals surface area contributed by atoms with Crippen molar-refractivity contribution in [3.63, 3.8) is 0 Å². The van der Waals surface area contributed by atoms with Crippen LogP contribution in [0.1, 0.15) is 0 Å². The summed E-state index contributed by atoms with van der Waals surface area (Å²) in [5.41, 5.74) is 0.814. The number of pyridine rings is 1. The van der Waals surface area contributed by atoms with Crippen molar-refractivity contribution in [2.45, 2.75) is 6.10 Å². The van der Waals surface area contributed by atoms with Gasteiger partial charge in [-0.1, -0.05) is 6.07 Å². The van der Waals surface area contributed by atoms with Gasteiger partial charge in [-0.2, -0.15) is 8.42 Å². The highest BCUT2D eigenvalue weighted by Crippen LogP contribution is 2.29. The molecule has 0 unspecified atom stereocenters. The van der Waals surface area contributed by atoms with Crippen molar-refractivity contribution >= 4 is 33.4 Å². The molecule has 2 aliphatic heterocycles. The first-order valence-electron chi connectivity index (χ1n) is 9.83. The van der Waals surface area contributed by atoms with E-state index in [0.717, 1.165) is 25.2 Å². The zero-order valence-electron chi connectivity index (χ0n) is 17.0. The second kappa shape index (κ2) is 8.67. The molecule has 11 heteroatoms. The van der Waals surface area contributed by atoms with Crippen molar-refractivity contribution in [1.82, 2.24) is 4.98 Å². The van der Waals surface area contributed by atoms with Crippen molar-refractivity contribution < 1.29 is 26.5 Å². The topological polar surface area (TPSA) is 92.3 Å². The molecule has 2 saturated heterocycles. The lowest BCUT2D eigenvalue weighted by atomic mass is 10.2. The summed E-state index contributed by atoms with van der Waals surface area (Å²) in [6.45, 7) is 2.53. The van der Waals surface area contributed by atoms with Crippen LogP contribution in [0, 0.1) is 5.82 Å². The van der Waals surface area contributed by atoms with E-state index in [2.05, 4.69) is 14.1 Å². The molecule has 0 radical (unpaired) electrons. The Kier molecular flexibility index (Phi) is 5.96. The summed E-state index contributed by atoms with van der Waals surface area (Å²) in [5.74, 6) is 0.465. The first-order chi connectivity index (χ1) is 14.8. The number of piperazine rings is 1. The monoisotopic (exact) mass is 450 g/mol. The molecule has 9 nitrogen and oxygen atoms in total. The molecule has 2 fully saturated rings. The standard InChI is InChI=1S/C20H23FN4O5S/c1-31(27,28)29-14-16-13-25(20(26)30-16)15-5-6-18(17(21)12-15)23-8-10-24(11-9-23)19-4-2-3-7-22-19/h2-7,12,16H,8-11,13-14H2,1H3/t16-/m1/s1. The third-order valence-corrected chi connectivity index (χ3v) is 5.74. The number of halogens is 1. The second-order valence-electron chi connectivity index (χ2n) is 7.40. The van der Waals surface area contributed by atoms with E-state index in [0.29, 0.717) is 24.5 Å². The van der Waals surface area contributed by atoms with Gasteiger partial charge in [0.15, 0.2) is 0 Å². The molecule has 0 N–H and O–H groups in total. The molecule has 3 heterocycles. The van der Waals surface area contributed by atoms with Crippen LogP contribution in [0.5, 0.6) is 0 Å². The smallest absolute Gasteiger partial charge is 0.414 e.